The Hall–Kier alpha value is -1.22. The van der Waals surface area contributed by atoms with E-state index in [0.29, 0.717) is 5.58 Å². The van der Waals surface area contributed by atoms with E-state index in [1.54, 1.807) is 17.8 Å². The minimum atomic E-state index is -0.264. The molecule has 0 N–H and O–H groups in total. The molecule has 3 heteroatoms. The van der Waals surface area contributed by atoms with Crippen LogP contribution < -0.4 is 5.63 Å². The van der Waals surface area contributed by atoms with Gasteiger partial charge in [0, 0.05) is 16.3 Å². The lowest BCUT2D eigenvalue weighted by Crippen LogP contribution is -1.97. The zero-order valence-corrected chi connectivity index (χ0v) is 11.0. The summed E-state index contributed by atoms with van der Waals surface area (Å²) in [5.74, 6) is 1.04. The molecule has 1 heterocycles. The minimum absolute atomic E-state index is 0.264. The highest BCUT2D eigenvalue weighted by molar-refractivity contribution is 7.99. The maximum atomic E-state index is 11.4. The van der Waals surface area contributed by atoms with Crippen molar-refractivity contribution in [3.63, 3.8) is 0 Å². The Bertz CT molecular complexity index is 572. The van der Waals surface area contributed by atoms with E-state index < -0.39 is 0 Å². The highest BCUT2D eigenvalue weighted by atomic mass is 32.2. The van der Waals surface area contributed by atoms with Gasteiger partial charge in [-0.1, -0.05) is 25.0 Å². The molecular formula is C14H16O2S. The summed E-state index contributed by atoms with van der Waals surface area (Å²) >= 11 is 1.74. The SMILES string of the molecule is CCCCSc1cc(=O)oc2ccc(C)cc12. The first kappa shape index (κ1) is 12.2. The van der Waals surface area contributed by atoms with Gasteiger partial charge in [-0.3, -0.25) is 0 Å². The maximum Gasteiger partial charge on any atom is 0.337 e. The third-order valence-electron chi connectivity index (χ3n) is 2.62. The number of unbranched alkanes of at least 4 members (excludes halogenated alkanes) is 1. The van der Waals surface area contributed by atoms with E-state index in [9.17, 15) is 4.79 Å². The van der Waals surface area contributed by atoms with Crippen molar-refractivity contribution in [2.75, 3.05) is 5.75 Å². The second kappa shape index (κ2) is 5.41. The minimum Gasteiger partial charge on any atom is -0.423 e. The van der Waals surface area contributed by atoms with Gasteiger partial charge in [-0.25, -0.2) is 4.79 Å². The number of rotatable bonds is 4. The number of benzene rings is 1. The van der Waals surface area contributed by atoms with Crippen molar-refractivity contribution in [1.29, 1.82) is 0 Å². The topological polar surface area (TPSA) is 30.2 Å². The molecule has 0 radical (unpaired) electrons. The zero-order valence-electron chi connectivity index (χ0n) is 10.2. The van der Waals surface area contributed by atoms with Crippen LogP contribution in [0.2, 0.25) is 0 Å². The Labute approximate surface area is 105 Å². The van der Waals surface area contributed by atoms with Gasteiger partial charge >= 0.3 is 5.63 Å². The molecule has 0 unspecified atom stereocenters. The molecule has 2 aromatic rings. The molecule has 0 atom stereocenters. The molecule has 2 nitrogen and oxygen atoms in total. The molecule has 0 saturated carbocycles. The molecular weight excluding hydrogens is 232 g/mol. The van der Waals surface area contributed by atoms with Crippen LogP contribution in [0.5, 0.6) is 0 Å². The summed E-state index contributed by atoms with van der Waals surface area (Å²) in [5, 5.41) is 1.05. The largest absolute Gasteiger partial charge is 0.423 e. The van der Waals surface area contributed by atoms with Crippen LogP contribution in [0.3, 0.4) is 0 Å². The fourth-order valence-electron chi connectivity index (χ4n) is 1.69. The molecule has 90 valence electrons. The lowest BCUT2D eigenvalue weighted by Gasteiger charge is -2.05. The van der Waals surface area contributed by atoms with Gasteiger partial charge in [0.15, 0.2) is 0 Å². The molecule has 1 aromatic heterocycles. The first-order valence-electron chi connectivity index (χ1n) is 5.88. The number of fused-ring (bicyclic) bond motifs is 1. The summed E-state index contributed by atoms with van der Waals surface area (Å²) in [4.78, 5) is 12.5. The van der Waals surface area contributed by atoms with Crippen molar-refractivity contribution < 1.29 is 4.42 Å². The van der Waals surface area contributed by atoms with Crippen molar-refractivity contribution in [3.05, 3.63) is 40.2 Å². The van der Waals surface area contributed by atoms with Crippen molar-refractivity contribution in [2.24, 2.45) is 0 Å². The van der Waals surface area contributed by atoms with Crippen LogP contribution in [0.1, 0.15) is 25.3 Å². The van der Waals surface area contributed by atoms with Gasteiger partial charge in [0.05, 0.1) is 0 Å². The van der Waals surface area contributed by atoms with Crippen LogP contribution in [-0.4, -0.2) is 5.75 Å². The molecule has 0 bridgehead atoms. The first-order chi connectivity index (χ1) is 8.20. The molecule has 1 aromatic carbocycles. The molecule has 2 rings (SSSR count). The van der Waals surface area contributed by atoms with Crippen LogP contribution in [0.25, 0.3) is 11.0 Å². The highest BCUT2D eigenvalue weighted by Crippen LogP contribution is 2.27. The third-order valence-corrected chi connectivity index (χ3v) is 3.76. The van der Waals surface area contributed by atoms with Crippen molar-refractivity contribution in [3.8, 4) is 0 Å². The van der Waals surface area contributed by atoms with Crippen LogP contribution in [0.4, 0.5) is 0 Å². The van der Waals surface area contributed by atoms with Crippen LogP contribution in [-0.2, 0) is 0 Å². The van der Waals surface area contributed by atoms with Gasteiger partial charge in [-0.2, -0.15) is 0 Å². The Kier molecular flexibility index (Phi) is 3.89. The van der Waals surface area contributed by atoms with Gasteiger partial charge in [-0.15, -0.1) is 11.8 Å². The third kappa shape index (κ3) is 2.91. The summed E-state index contributed by atoms with van der Waals surface area (Å²) < 4.78 is 5.19. The lowest BCUT2D eigenvalue weighted by atomic mass is 10.2. The highest BCUT2D eigenvalue weighted by Gasteiger charge is 2.06. The summed E-state index contributed by atoms with van der Waals surface area (Å²) in [6, 6.07) is 7.51. The van der Waals surface area contributed by atoms with Crippen LogP contribution in [0.15, 0.2) is 38.4 Å². The van der Waals surface area contributed by atoms with Crippen molar-refractivity contribution >= 4 is 22.7 Å². The normalized spacial score (nSPS) is 10.9. The summed E-state index contributed by atoms with van der Waals surface area (Å²) in [7, 11) is 0. The van der Waals surface area contributed by atoms with Crippen molar-refractivity contribution in [1.82, 2.24) is 0 Å². The van der Waals surface area contributed by atoms with E-state index in [2.05, 4.69) is 13.0 Å². The fourth-order valence-corrected chi connectivity index (χ4v) is 2.84. The quantitative estimate of drug-likeness (QED) is 0.465. The van der Waals surface area contributed by atoms with E-state index in [4.69, 9.17) is 4.42 Å². The van der Waals surface area contributed by atoms with Gasteiger partial charge in [0.2, 0.25) is 0 Å². The number of hydrogen-bond donors (Lipinski definition) is 0. The summed E-state index contributed by atoms with van der Waals surface area (Å²) in [5.41, 5.74) is 1.60. The average molecular weight is 248 g/mol. The lowest BCUT2D eigenvalue weighted by molar-refractivity contribution is 0.557. The standard InChI is InChI=1S/C14H16O2S/c1-3-4-7-17-13-9-14(15)16-12-6-5-10(2)8-11(12)13/h5-6,8-9H,3-4,7H2,1-2H3. The van der Waals surface area contributed by atoms with Crippen molar-refractivity contribution in [2.45, 2.75) is 31.6 Å². The monoisotopic (exact) mass is 248 g/mol. The zero-order chi connectivity index (χ0) is 12.3. The second-order valence-corrected chi connectivity index (χ2v) is 5.27. The Morgan fingerprint density at radius 3 is 2.88 bits per heavy atom. The van der Waals surface area contributed by atoms with Gasteiger partial charge in [0.1, 0.15) is 5.58 Å². The Morgan fingerprint density at radius 1 is 1.29 bits per heavy atom. The van der Waals surface area contributed by atoms with Crippen LogP contribution >= 0.6 is 11.8 Å². The molecule has 0 aliphatic rings. The molecule has 0 saturated heterocycles. The van der Waals surface area contributed by atoms with Gasteiger partial charge in [-0.05, 0) is 31.2 Å². The summed E-state index contributed by atoms with van der Waals surface area (Å²) in [6.07, 6.45) is 2.34. The smallest absolute Gasteiger partial charge is 0.337 e. The molecule has 0 amide bonds. The summed E-state index contributed by atoms with van der Waals surface area (Å²) in [6.45, 7) is 4.22. The Balaban J connectivity index is 2.44. The number of aryl methyl sites for hydroxylation is 1. The number of hydrogen-bond acceptors (Lipinski definition) is 3. The molecule has 0 aliphatic carbocycles. The van der Waals surface area contributed by atoms with E-state index >= 15 is 0 Å². The van der Waals surface area contributed by atoms with Gasteiger partial charge < -0.3 is 4.42 Å². The molecule has 17 heavy (non-hydrogen) atoms. The molecule has 0 spiro atoms. The first-order valence-corrected chi connectivity index (χ1v) is 6.86. The fraction of sp³-hybridized carbons (Fsp3) is 0.357. The van der Waals surface area contributed by atoms with E-state index in [1.807, 2.05) is 19.1 Å². The Morgan fingerprint density at radius 2 is 2.12 bits per heavy atom. The predicted octanol–water partition coefficient (Wildman–Crippen LogP) is 3.99. The molecule has 0 aliphatic heterocycles. The van der Waals surface area contributed by atoms with E-state index in [1.165, 1.54) is 12.0 Å². The molecule has 0 fully saturated rings. The predicted molar refractivity (Wildman–Crippen MR) is 72.9 cm³/mol. The van der Waals surface area contributed by atoms with Gasteiger partial charge in [0.25, 0.3) is 0 Å². The van der Waals surface area contributed by atoms with E-state index in [0.717, 1.165) is 22.5 Å². The second-order valence-electron chi connectivity index (χ2n) is 4.13. The van der Waals surface area contributed by atoms with E-state index in [-0.39, 0.29) is 5.63 Å². The number of thioether (sulfide) groups is 1. The van der Waals surface area contributed by atoms with Crippen LogP contribution in [0, 0.1) is 6.92 Å². The average Bonchev–Trinajstić information content (AvgIpc) is 2.30. The maximum absolute atomic E-state index is 11.4.